The number of rotatable bonds is 2. The normalized spacial score (nSPS) is 14.9. The number of fused-ring (bicyclic) bond motifs is 1. The number of hydrogen-bond donors (Lipinski definition) is 1. The molecule has 0 spiro atoms. The SMILES string of the molecule is Cc1nn(-c2cncc(C(C)(O)C(F)(F)F)c2)c2ccccc12. The Labute approximate surface area is 130 Å². The van der Waals surface area contributed by atoms with Gasteiger partial charge < -0.3 is 5.11 Å². The highest BCUT2D eigenvalue weighted by atomic mass is 19.4. The predicted octanol–water partition coefficient (Wildman–Crippen LogP) is 3.50. The fourth-order valence-electron chi connectivity index (χ4n) is 2.39. The van der Waals surface area contributed by atoms with Gasteiger partial charge in [0.1, 0.15) is 0 Å². The van der Waals surface area contributed by atoms with Gasteiger partial charge in [0.05, 0.1) is 23.1 Å². The minimum atomic E-state index is -4.80. The lowest BCUT2D eigenvalue weighted by atomic mass is 9.97. The van der Waals surface area contributed by atoms with E-state index in [9.17, 15) is 18.3 Å². The Balaban J connectivity index is 2.17. The third kappa shape index (κ3) is 2.46. The van der Waals surface area contributed by atoms with Crippen molar-refractivity contribution in [3.8, 4) is 5.69 Å². The number of hydrogen-bond acceptors (Lipinski definition) is 3. The van der Waals surface area contributed by atoms with Crippen molar-refractivity contribution in [1.82, 2.24) is 14.8 Å². The monoisotopic (exact) mass is 321 g/mol. The molecule has 0 bridgehead atoms. The fourth-order valence-corrected chi connectivity index (χ4v) is 2.39. The van der Waals surface area contributed by atoms with Crippen molar-refractivity contribution >= 4 is 10.9 Å². The van der Waals surface area contributed by atoms with Gasteiger partial charge in [-0.1, -0.05) is 18.2 Å². The van der Waals surface area contributed by atoms with Crippen LogP contribution < -0.4 is 0 Å². The number of pyridine rings is 1. The van der Waals surface area contributed by atoms with Crippen LogP contribution in [0.2, 0.25) is 0 Å². The van der Waals surface area contributed by atoms with Gasteiger partial charge in [-0.3, -0.25) is 4.98 Å². The first-order chi connectivity index (χ1) is 10.7. The lowest BCUT2D eigenvalue weighted by Crippen LogP contribution is -2.39. The molecular formula is C16H14F3N3O. The van der Waals surface area contributed by atoms with Gasteiger partial charge >= 0.3 is 6.18 Å². The Hall–Kier alpha value is -2.41. The average molecular weight is 321 g/mol. The Morgan fingerprint density at radius 2 is 1.83 bits per heavy atom. The van der Waals surface area contributed by atoms with Gasteiger partial charge in [0.25, 0.3) is 0 Å². The summed E-state index contributed by atoms with van der Waals surface area (Å²) in [5.74, 6) is 0. The molecule has 7 heteroatoms. The summed E-state index contributed by atoms with van der Waals surface area (Å²) in [4.78, 5) is 3.84. The summed E-state index contributed by atoms with van der Waals surface area (Å²) in [7, 11) is 0. The van der Waals surface area contributed by atoms with E-state index in [1.165, 1.54) is 16.9 Å². The van der Waals surface area contributed by atoms with Crippen molar-refractivity contribution in [2.75, 3.05) is 0 Å². The van der Waals surface area contributed by atoms with E-state index in [0.29, 0.717) is 12.6 Å². The van der Waals surface area contributed by atoms with E-state index in [0.717, 1.165) is 22.8 Å². The van der Waals surface area contributed by atoms with Crippen LogP contribution in [0, 0.1) is 6.92 Å². The molecule has 1 atom stereocenters. The van der Waals surface area contributed by atoms with E-state index in [-0.39, 0.29) is 5.56 Å². The van der Waals surface area contributed by atoms with Gasteiger partial charge in [-0.15, -0.1) is 0 Å². The quantitative estimate of drug-likeness (QED) is 0.786. The molecule has 4 nitrogen and oxygen atoms in total. The maximum absolute atomic E-state index is 13.0. The predicted molar refractivity (Wildman–Crippen MR) is 79.2 cm³/mol. The summed E-state index contributed by atoms with van der Waals surface area (Å²) in [6.45, 7) is 2.53. The van der Waals surface area contributed by atoms with Crippen LogP contribution in [0.5, 0.6) is 0 Å². The zero-order valence-electron chi connectivity index (χ0n) is 12.5. The molecule has 2 heterocycles. The lowest BCUT2D eigenvalue weighted by Gasteiger charge is -2.26. The highest BCUT2D eigenvalue weighted by Gasteiger charge is 2.51. The maximum Gasteiger partial charge on any atom is 0.421 e. The number of alkyl halides is 3. The van der Waals surface area contributed by atoms with Crippen LogP contribution in [0.4, 0.5) is 13.2 Å². The van der Waals surface area contributed by atoms with E-state index in [4.69, 9.17) is 0 Å². The molecule has 0 radical (unpaired) electrons. The molecule has 0 aliphatic rings. The van der Waals surface area contributed by atoms with Gasteiger partial charge in [0.2, 0.25) is 0 Å². The van der Waals surface area contributed by atoms with Crippen LogP contribution in [0.25, 0.3) is 16.6 Å². The summed E-state index contributed by atoms with van der Waals surface area (Å²) >= 11 is 0. The molecule has 2 aromatic heterocycles. The molecule has 1 N–H and O–H groups in total. The molecule has 0 fully saturated rings. The first-order valence-corrected chi connectivity index (χ1v) is 6.91. The molecule has 0 aliphatic heterocycles. The molecule has 1 aromatic carbocycles. The van der Waals surface area contributed by atoms with Gasteiger partial charge in [0.15, 0.2) is 5.60 Å². The third-order valence-corrected chi connectivity index (χ3v) is 3.85. The average Bonchev–Trinajstić information content (AvgIpc) is 2.84. The third-order valence-electron chi connectivity index (χ3n) is 3.85. The van der Waals surface area contributed by atoms with E-state index in [1.807, 2.05) is 31.2 Å². The van der Waals surface area contributed by atoms with Crippen molar-refractivity contribution in [1.29, 1.82) is 0 Å². The summed E-state index contributed by atoms with van der Waals surface area (Å²) in [6.07, 6.45) is -2.38. The summed E-state index contributed by atoms with van der Waals surface area (Å²) in [5, 5.41) is 15.1. The zero-order valence-corrected chi connectivity index (χ0v) is 12.5. The zero-order chi connectivity index (χ0) is 16.8. The summed E-state index contributed by atoms with van der Waals surface area (Å²) in [5.41, 5.74) is -1.44. The second-order valence-electron chi connectivity index (χ2n) is 5.52. The van der Waals surface area contributed by atoms with Crippen molar-refractivity contribution in [2.45, 2.75) is 25.6 Å². The standard InChI is InChI=1S/C16H14F3N3O/c1-10-13-5-3-4-6-14(13)22(21-10)12-7-11(8-20-9-12)15(2,23)16(17,18)19/h3-9,23H,1-2H3. The molecule has 0 amide bonds. The Bertz CT molecular complexity index is 868. The van der Waals surface area contributed by atoms with Crippen molar-refractivity contribution in [3.05, 3.63) is 54.0 Å². The van der Waals surface area contributed by atoms with E-state index < -0.39 is 11.8 Å². The first kappa shape index (κ1) is 15.5. The van der Waals surface area contributed by atoms with Crippen LogP contribution in [0.3, 0.4) is 0 Å². The van der Waals surface area contributed by atoms with E-state index >= 15 is 0 Å². The molecule has 23 heavy (non-hydrogen) atoms. The summed E-state index contributed by atoms with van der Waals surface area (Å²) in [6, 6.07) is 8.65. The first-order valence-electron chi connectivity index (χ1n) is 6.91. The minimum absolute atomic E-state index is 0.334. The molecule has 3 rings (SSSR count). The highest BCUT2D eigenvalue weighted by Crippen LogP contribution is 2.38. The van der Waals surface area contributed by atoms with Crippen LogP contribution in [0.1, 0.15) is 18.2 Å². The van der Waals surface area contributed by atoms with Crippen molar-refractivity contribution in [2.24, 2.45) is 0 Å². The topological polar surface area (TPSA) is 50.9 Å². The second-order valence-corrected chi connectivity index (χ2v) is 5.52. The molecule has 0 aliphatic carbocycles. The Kier molecular flexibility index (Phi) is 3.40. The number of benzene rings is 1. The number of halogens is 3. The maximum atomic E-state index is 13.0. The number of para-hydroxylation sites is 1. The van der Waals surface area contributed by atoms with Crippen LogP contribution in [0.15, 0.2) is 42.7 Å². The van der Waals surface area contributed by atoms with Crippen LogP contribution >= 0.6 is 0 Å². The Morgan fingerprint density at radius 3 is 2.52 bits per heavy atom. The van der Waals surface area contributed by atoms with Gasteiger partial charge in [-0.05, 0) is 26.0 Å². The van der Waals surface area contributed by atoms with Crippen molar-refractivity contribution < 1.29 is 18.3 Å². The molecule has 1 unspecified atom stereocenters. The van der Waals surface area contributed by atoms with Crippen molar-refractivity contribution in [3.63, 3.8) is 0 Å². The number of nitrogens with zero attached hydrogens (tertiary/aromatic N) is 3. The van der Waals surface area contributed by atoms with Gasteiger partial charge in [-0.25, -0.2) is 4.68 Å². The highest BCUT2D eigenvalue weighted by molar-refractivity contribution is 5.83. The molecule has 3 aromatic rings. The Morgan fingerprint density at radius 1 is 1.13 bits per heavy atom. The lowest BCUT2D eigenvalue weighted by molar-refractivity contribution is -0.259. The van der Waals surface area contributed by atoms with Gasteiger partial charge in [-0.2, -0.15) is 18.3 Å². The largest absolute Gasteiger partial charge is 0.421 e. The second kappa shape index (κ2) is 5.06. The van der Waals surface area contributed by atoms with Gasteiger partial charge in [0, 0.05) is 17.1 Å². The fraction of sp³-hybridized carbons (Fsp3) is 0.250. The number of aryl methyl sites for hydroxylation is 1. The smallest absolute Gasteiger partial charge is 0.376 e. The summed E-state index contributed by atoms with van der Waals surface area (Å²) < 4.78 is 40.6. The minimum Gasteiger partial charge on any atom is -0.376 e. The van der Waals surface area contributed by atoms with E-state index in [1.54, 1.807) is 0 Å². The van der Waals surface area contributed by atoms with E-state index in [2.05, 4.69) is 10.1 Å². The molecule has 0 saturated heterocycles. The number of aliphatic hydroxyl groups is 1. The molecule has 120 valence electrons. The molecular weight excluding hydrogens is 307 g/mol. The molecule has 0 saturated carbocycles. The van der Waals surface area contributed by atoms with Crippen LogP contribution in [-0.2, 0) is 5.60 Å². The van der Waals surface area contributed by atoms with Crippen LogP contribution in [-0.4, -0.2) is 26.0 Å². The number of aromatic nitrogens is 3.